The first-order valence-corrected chi connectivity index (χ1v) is 11.2. The number of hydrogen-bond acceptors (Lipinski definition) is 6. The molecule has 1 heterocycles. The zero-order chi connectivity index (χ0) is 21.7. The Labute approximate surface area is 178 Å². The van der Waals surface area contributed by atoms with Crippen molar-refractivity contribution >= 4 is 33.4 Å². The Morgan fingerprint density at radius 3 is 2.37 bits per heavy atom. The maximum absolute atomic E-state index is 13.1. The number of carbonyl (C=O) groups is 1. The lowest BCUT2D eigenvalue weighted by Crippen LogP contribution is -2.22. The first kappa shape index (κ1) is 21.9. The SMILES string of the molecule is CN(C)S(=O)(=O)c1ccc(NC(=O)CSc2nccc(-c3ccc(F)cc3)n2)cc1. The van der Waals surface area contributed by atoms with Gasteiger partial charge in [-0.2, -0.15) is 0 Å². The van der Waals surface area contributed by atoms with Crippen molar-refractivity contribution in [1.82, 2.24) is 14.3 Å². The highest BCUT2D eigenvalue weighted by Crippen LogP contribution is 2.21. The molecule has 0 saturated carbocycles. The van der Waals surface area contributed by atoms with Crippen LogP contribution in [0.25, 0.3) is 11.3 Å². The van der Waals surface area contributed by atoms with E-state index in [4.69, 9.17) is 0 Å². The number of sulfonamides is 1. The zero-order valence-electron chi connectivity index (χ0n) is 16.2. The van der Waals surface area contributed by atoms with Crippen LogP contribution in [-0.2, 0) is 14.8 Å². The van der Waals surface area contributed by atoms with E-state index < -0.39 is 10.0 Å². The van der Waals surface area contributed by atoms with Gasteiger partial charge in [-0.15, -0.1) is 0 Å². The van der Waals surface area contributed by atoms with E-state index in [1.54, 1.807) is 24.4 Å². The lowest BCUT2D eigenvalue weighted by molar-refractivity contribution is -0.113. The van der Waals surface area contributed by atoms with Crippen LogP contribution in [0.4, 0.5) is 10.1 Å². The Morgan fingerprint density at radius 2 is 1.73 bits per heavy atom. The summed E-state index contributed by atoms with van der Waals surface area (Å²) in [6, 6.07) is 13.6. The predicted molar refractivity (Wildman–Crippen MR) is 114 cm³/mol. The molecular formula is C20H19FN4O3S2. The normalized spacial score (nSPS) is 11.5. The van der Waals surface area contributed by atoms with E-state index in [9.17, 15) is 17.6 Å². The van der Waals surface area contributed by atoms with Crippen molar-refractivity contribution in [2.45, 2.75) is 10.1 Å². The van der Waals surface area contributed by atoms with Crippen molar-refractivity contribution < 1.29 is 17.6 Å². The molecule has 0 aliphatic carbocycles. The standard InChI is InChI=1S/C20H19FN4O3S2/c1-25(2)30(27,28)17-9-7-16(8-10-17)23-19(26)13-29-20-22-12-11-18(24-20)14-3-5-15(21)6-4-14/h3-12H,13H2,1-2H3,(H,23,26). The second-order valence-electron chi connectivity index (χ2n) is 6.38. The highest BCUT2D eigenvalue weighted by Gasteiger charge is 2.16. The summed E-state index contributed by atoms with van der Waals surface area (Å²) in [7, 11) is -0.611. The van der Waals surface area contributed by atoms with E-state index in [1.165, 1.54) is 50.5 Å². The number of halogens is 1. The Balaban J connectivity index is 1.60. The van der Waals surface area contributed by atoms with Gasteiger partial charge in [-0.05, 0) is 54.6 Å². The lowest BCUT2D eigenvalue weighted by atomic mass is 10.1. The number of anilines is 1. The molecule has 0 spiro atoms. The van der Waals surface area contributed by atoms with Crippen molar-refractivity contribution in [1.29, 1.82) is 0 Å². The molecule has 0 atom stereocenters. The third kappa shape index (κ3) is 5.41. The van der Waals surface area contributed by atoms with Gasteiger partial charge in [0.2, 0.25) is 15.9 Å². The summed E-state index contributed by atoms with van der Waals surface area (Å²) >= 11 is 1.16. The van der Waals surface area contributed by atoms with Gasteiger partial charge < -0.3 is 5.32 Å². The van der Waals surface area contributed by atoms with Crippen molar-refractivity contribution in [3.05, 3.63) is 66.6 Å². The predicted octanol–water partition coefficient (Wildman–Crippen LogP) is 3.26. The minimum absolute atomic E-state index is 0.0740. The molecule has 3 aromatic rings. The number of nitrogens with one attached hydrogen (secondary N) is 1. The summed E-state index contributed by atoms with van der Waals surface area (Å²) in [6.07, 6.45) is 1.58. The fourth-order valence-corrected chi connectivity index (χ4v) is 3.97. The highest BCUT2D eigenvalue weighted by molar-refractivity contribution is 7.99. The molecule has 2 aromatic carbocycles. The molecule has 0 bridgehead atoms. The number of carbonyl (C=O) groups excluding carboxylic acids is 1. The molecule has 30 heavy (non-hydrogen) atoms. The Kier molecular flexibility index (Phi) is 6.80. The number of nitrogens with zero attached hydrogens (tertiary/aromatic N) is 3. The van der Waals surface area contributed by atoms with Gasteiger partial charge in [0.15, 0.2) is 5.16 Å². The minimum Gasteiger partial charge on any atom is -0.325 e. The molecule has 0 unspecified atom stereocenters. The van der Waals surface area contributed by atoms with Crippen LogP contribution in [0.1, 0.15) is 0 Å². The molecular weight excluding hydrogens is 427 g/mol. The summed E-state index contributed by atoms with van der Waals surface area (Å²) in [5, 5.41) is 3.12. The van der Waals surface area contributed by atoms with Gasteiger partial charge in [-0.25, -0.2) is 27.1 Å². The fourth-order valence-electron chi connectivity index (χ4n) is 2.44. The number of benzene rings is 2. The molecule has 1 amide bonds. The van der Waals surface area contributed by atoms with Gasteiger partial charge in [0.25, 0.3) is 0 Å². The Morgan fingerprint density at radius 1 is 1.07 bits per heavy atom. The number of thioether (sulfide) groups is 1. The van der Waals surface area contributed by atoms with E-state index in [-0.39, 0.29) is 22.4 Å². The summed E-state index contributed by atoms with van der Waals surface area (Å²) < 4.78 is 38.3. The third-order valence-corrected chi connectivity index (χ3v) is 6.71. The molecule has 0 aliphatic rings. The molecule has 7 nitrogen and oxygen atoms in total. The van der Waals surface area contributed by atoms with Gasteiger partial charge in [0, 0.05) is 31.5 Å². The second-order valence-corrected chi connectivity index (χ2v) is 9.47. The molecule has 0 saturated heterocycles. The van der Waals surface area contributed by atoms with Gasteiger partial charge in [0.1, 0.15) is 5.82 Å². The van der Waals surface area contributed by atoms with Crippen LogP contribution >= 0.6 is 11.8 Å². The van der Waals surface area contributed by atoms with Crippen molar-refractivity contribution in [3.8, 4) is 11.3 Å². The fraction of sp³-hybridized carbons (Fsp3) is 0.150. The molecule has 1 N–H and O–H groups in total. The molecule has 156 valence electrons. The van der Waals surface area contributed by atoms with E-state index in [0.29, 0.717) is 16.5 Å². The van der Waals surface area contributed by atoms with E-state index in [2.05, 4.69) is 15.3 Å². The smallest absolute Gasteiger partial charge is 0.242 e. The Bertz CT molecular complexity index is 1140. The average molecular weight is 447 g/mol. The summed E-state index contributed by atoms with van der Waals surface area (Å²) in [4.78, 5) is 20.9. The highest BCUT2D eigenvalue weighted by atomic mass is 32.2. The Hall–Kier alpha value is -2.82. The topological polar surface area (TPSA) is 92.3 Å². The molecule has 3 rings (SSSR count). The van der Waals surface area contributed by atoms with Gasteiger partial charge in [-0.3, -0.25) is 4.79 Å². The van der Waals surface area contributed by atoms with E-state index >= 15 is 0 Å². The van der Waals surface area contributed by atoms with E-state index in [0.717, 1.165) is 21.6 Å². The molecule has 0 aliphatic heterocycles. The maximum Gasteiger partial charge on any atom is 0.242 e. The van der Waals surface area contributed by atoms with Crippen LogP contribution in [0.15, 0.2) is 70.8 Å². The van der Waals surface area contributed by atoms with Crippen molar-refractivity contribution in [3.63, 3.8) is 0 Å². The molecule has 0 fully saturated rings. The molecule has 0 radical (unpaired) electrons. The zero-order valence-corrected chi connectivity index (χ0v) is 17.9. The largest absolute Gasteiger partial charge is 0.325 e. The van der Waals surface area contributed by atoms with Crippen LogP contribution in [0, 0.1) is 5.82 Å². The number of amides is 1. The van der Waals surface area contributed by atoms with Crippen LogP contribution < -0.4 is 5.32 Å². The monoisotopic (exact) mass is 446 g/mol. The molecule has 10 heteroatoms. The van der Waals surface area contributed by atoms with Crippen LogP contribution in [-0.4, -0.2) is 48.4 Å². The first-order valence-electron chi connectivity index (χ1n) is 8.80. The van der Waals surface area contributed by atoms with Crippen LogP contribution in [0.5, 0.6) is 0 Å². The van der Waals surface area contributed by atoms with Gasteiger partial charge in [-0.1, -0.05) is 11.8 Å². The first-order chi connectivity index (χ1) is 14.3. The summed E-state index contributed by atoms with van der Waals surface area (Å²) in [5.74, 6) is -0.532. The number of rotatable bonds is 7. The number of hydrogen-bond donors (Lipinski definition) is 1. The van der Waals surface area contributed by atoms with Gasteiger partial charge in [0.05, 0.1) is 16.3 Å². The minimum atomic E-state index is -3.52. The number of aromatic nitrogens is 2. The van der Waals surface area contributed by atoms with Crippen molar-refractivity contribution in [2.24, 2.45) is 0 Å². The third-order valence-electron chi connectivity index (χ3n) is 4.02. The van der Waals surface area contributed by atoms with Crippen LogP contribution in [0.3, 0.4) is 0 Å². The van der Waals surface area contributed by atoms with Crippen molar-refractivity contribution in [2.75, 3.05) is 25.2 Å². The average Bonchev–Trinajstić information content (AvgIpc) is 2.73. The van der Waals surface area contributed by atoms with E-state index in [1.807, 2.05) is 0 Å². The second kappa shape index (κ2) is 9.33. The molecule has 1 aromatic heterocycles. The van der Waals surface area contributed by atoms with Gasteiger partial charge >= 0.3 is 0 Å². The maximum atomic E-state index is 13.1. The van der Waals surface area contributed by atoms with Crippen LogP contribution in [0.2, 0.25) is 0 Å². The summed E-state index contributed by atoms with van der Waals surface area (Å²) in [5.41, 5.74) is 1.86. The lowest BCUT2D eigenvalue weighted by Gasteiger charge is -2.12. The quantitative estimate of drug-likeness (QED) is 0.442. The summed E-state index contributed by atoms with van der Waals surface area (Å²) in [6.45, 7) is 0.